The minimum Gasteiger partial charge on any atom is -0.347 e. The Bertz CT molecular complexity index is 924. The molecule has 5 heteroatoms. The zero-order valence-corrected chi connectivity index (χ0v) is 14.6. The summed E-state index contributed by atoms with van der Waals surface area (Å²) in [5, 5.41) is 5.53. The van der Waals surface area contributed by atoms with Gasteiger partial charge in [-0.15, -0.1) is 0 Å². The van der Waals surface area contributed by atoms with Crippen LogP contribution in [-0.2, 0) is 11.3 Å². The highest BCUT2D eigenvalue weighted by molar-refractivity contribution is 6.05. The van der Waals surface area contributed by atoms with Crippen LogP contribution < -0.4 is 10.6 Å². The van der Waals surface area contributed by atoms with E-state index in [9.17, 15) is 9.59 Å². The summed E-state index contributed by atoms with van der Waals surface area (Å²) >= 11 is 0. The number of hydrogen-bond donors (Lipinski definition) is 2. The maximum Gasteiger partial charge on any atom is 0.268 e. The van der Waals surface area contributed by atoms with Crippen molar-refractivity contribution in [3.63, 3.8) is 0 Å². The van der Waals surface area contributed by atoms with E-state index in [2.05, 4.69) is 15.6 Å². The number of nitrogens with one attached hydrogen (secondary N) is 2. The van der Waals surface area contributed by atoms with Gasteiger partial charge in [0.05, 0.1) is 0 Å². The standard InChI is InChI=1S/C22H19N3O2/c26-21(19-11-5-2-6-12-19)25-20(14-18-10-7-13-23-15-18)22(27)24-16-17-8-3-1-4-9-17/h1-15H,16H2,(H,24,27)(H,25,26)/b20-14+. The molecule has 27 heavy (non-hydrogen) atoms. The molecule has 0 atom stereocenters. The first kappa shape index (κ1) is 18.1. The van der Waals surface area contributed by atoms with Gasteiger partial charge in [0.1, 0.15) is 5.70 Å². The summed E-state index contributed by atoms with van der Waals surface area (Å²) in [6.45, 7) is 0.366. The summed E-state index contributed by atoms with van der Waals surface area (Å²) in [5.74, 6) is -0.715. The number of aromatic nitrogens is 1. The van der Waals surface area contributed by atoms with Gasteiger partial charge < -0.3 is 10.6 Å². The SMILES string of the molecule is O=C(NCc1ccccc1)/C(=C\c1cccnc1)NC(=O)c1ccccc1. The lowest BCUT2D eigenvalue weighted by Gasteiger charge is -2.11. The molecule has 3 aromatic rings. The molecule has 2 aromatic carbocycles. The maximum absolute atomic E-state index is 12.7. The lowest BCUT2D eigenvalue weighted by Crippen LogP contribution is -2.34. The summed E-state index contributed by atoms with van der Waals surface area (Å²) in [6.07, 6.45) is 4.88. The third-order valence-corrected chi connectivity index (χ3v) is 3.82. The second kappa shape index (κ2) is 9.10. The molecule has 3 rings (SSSR count). The topological polar surface area (TPSA) is 71.1 Å². The van der Waals surface area contributed by atoms with Crippen LogP contribution in [-0.4, -0.2) is 16.8 Å². The molecular formula is C22H19N3O2. The van der Waals surface area contributed by atoms with Crippen molar-refractivity contribution in [1.82, 2.24) is 15.6 Å². The second-order valence-corrected chi connectivity index (χ2v) is 5.83. The lowest BCUT2D eigenvalue weighted by atomic mass is 10.2. The van der Waals surface area contributed by atoms with Gasteiger partial charge in [-0.2, -0.15) is 0 Å². The molecule has 1 heterocycles. The lowest BCUT2D eigenvalue weighted by molar-refractivity contribution is -0.117. The van der Waals surface area contributed by atoms with E-state index in [0.717, 1.165) is 11.1 Å². The summed E-state index contributed by atoms with van der Waals surface area (Å²) in [6, 6.07) is 21.9. The number of pyridine rings is 1. The van der Waals surface area contributed by atoms with Crippen molar-refractivity contribution in [2.75, 3.05) is 0 Å². The van der Waals surface area contributed by atoms with Crippen molar-refractivity contribution in [2.24, 2.45) is 0 Å². The molecule has 0 saturated heterocycles. The Balaban J connectivity index is 1.78. The fraction of sp³-hybridized carbons (Fsp3) is 0.0455. The van der Waals surface area contributed by atoms with Crippen LogP contribution >= 0.6 is 0 Å². The number of amides is 2. The quantitative estimate of drug-likeness (QED) is 0.666. The Morgan fingerprint density at radius 1 is 0.889 bits per heavy atom. The van der Waals surface area contributed by atoms with E-state index in [0.29, 0.717) is 12.1 Å². The fourth-order valence-corrected chi connectivity index (χ4v) is 2.44. The predicted octanol–water partition coefficient (Wildman–Crippen LogP) is 3.17. The van der Waals surface area contributed by atoms with Gasteiger partial charge in [0.2, 0.25) is 0 Å². The molecule has 134 valence electrons. The van der Waals surface area contributed by atoms with Crippen LogP contribution in [0.15, 0.2) is 90.9 Å². The van der Waals surface area contributed by atoms with Crippen LogP contribution in [0.4, 0.5) is 0 Å². The normalized spacial score (nSPS) is 10.9. The summed E-state index contributed by atoms with van der Waals surface area (Å²) < 4.78 is 0. The Morgan fingerprint density at radius 2 is 1.59 bits per heavy atom. The number of benzene rings is 2. The van der Waals surface area contributed by atoms with Gasteiger partial charge in [-0.25, -0.2) is 0 Å². The minimum absolute atomic E-state index is 0.160. The molecule has 5 nitrogen and oxygen atoms in total. The van der Waals surface area contributed by atoms with Crippen molar-refractivity contribution in [3.05, 3.63) is 108 Å². The third-order valence-electron chi connectivity index (χ3n) is 3.82. The number of carbonyl (C=O) groups is 2. The number of nitrogens with zero attached hydrogens (tertiary/aromatic N) is 1. The zero-order chi connectivity index (χ0) is 18.9. The van der Waals surface area contributed by atoms with E-state index in [1.165, 1.54) is 0 Å². The Hall–Kier alpha value is -3.73. The molecule has 2 amide bonds. The van der Waals surface area contributed by atoms with Crippen LogP contribution in [0.1, 0.15) is 21.5 Å². The highest BCUT2D eigenvalue weighted by atomic mass is 16.2. The fourth-order valence-electron chi connectivity index (χ4n) is 2.44. The van der Waals surface area contributed by atoms with E-state index >= 15 is 0 Å². The zero-order valence-electron chi connectivity index (χ0n) is 14.6. The van der Waals surface area contributed by atoms with E-state index in [1.54, 1.807) is 48.8 Å². The van der Waals surface area contributed by atoms with Crippen molar-refractivity contribution in [3.8, 4) is 0 Å². The summed E-state index contributed by atoms with van der Waals surface area (Å²) in [5.41, 5.74) is 2.33. The number of carbonyl (C=O) groups excluding carboxylic acids is 2. The van der Waals surface area contributed by atoms with Crippen LogP contribution in [0.3, 0.4) is 0 Å². The molecular weight excluding hydrogens is 338 g/mol. The van der Waals surface area contributed by atoms with Gasteiger partial charge in [-0.1, -0.05) is 54.6 Å². The average Bonchev–Trinajstić information content (AvgIpc) is 2.73. The third kappa shape index (κ3) is 5.37. The number of rotatable bonds is 6. The molecule has 0 aliphatic carbocycles. The molecule has 0 unspecified atom stereocenters. The first-order valence-electron chi connectivity index (χ1n) is 8.52. The van der Waals surface area contributed by atoms with Crippen LogP contribution in [0.2, 0.25) is 0 Å². The van der Waals surface area contributed by atoms with Crippen molar-refractivity contribution in [1.29, 1.82) is 0 Å². The molecule has 0 fully saturated rings. The van der Waals surface area contributed by atoms with Crippen molar-refractivity contribution < 1.29 is 9.59 Å². The molecule has 0 radical (unpaired) electrons. The largest absolute Gasteiger partial charge is 0.347 e. The van der Waals surface area contributed by atoms with Gasteiger partial charge in [0.15, 0.2) is 0 Å². The van der Waals surface area contributed by atoms with Gasteiger partial charge in [0, 0.05) is 24.5 Å². The van der Waals surface area contributed by atoms with E-state index < -0.39 is 0 Å². The van der Waals surface area contributed by atoms with Crippen molar-refractivity contribution in [2.45, 2.75) is 6.54 Å². The molecule has 1 aromatic heterocycles. The average molecular weight is 357 g/mol. The molecule has 0 saturated carbocycles. The molecule has 2 N–H and O–H groups in total. The first-order chi connectivity index (χ1) is 13.2. The van der Waals surface area contributed by atoms with E-state index in [4.69, 9.17) is 0 Å². The van der Waals surface area contributed by atoms with Gasteiger partial charge in [-0.3, -0.25) is 14.6 Å². The van der Waals surface area contributed by atoms with Gasteiger partial charge in [-0.05, 0) is 35.4 Å². The minimum atomic E-state index is -0.369. The van der Waals surface area contributed by atoms with Crippen LogP contribution in [0, 0.1) is 0 Å². The molecule has 0 spiro atoms. The smallest absolute Gasteiger partial charge is 0.268 e. The van der Waals surface area contributed by atoms with Gasteiger partial charge in [0.25, 0.3) is 11.8 Å². The monoisotopic (exact) mass is 357 g/mol. The highest BCUT2D eigenvalue weighted by Gasteiger charge is 2.14. The van der Waals surface area contributed by atoms with Gasteiger partial charge >= 0.3 is 0 Å². The van der Waals surface area contributed by atoms with E-state index in [1.807, 2.05) is 42.5 Å². The Morgan fingerprint density at radius 3 is 2.26 bits per heavy atom. The second-order valence-electron chi connectivity index (χ2n) is 5.83. The predicted molar refractivity (Wildman–Crippen MR) is 104 cm³/mol. The molecule has 0 aliphatic rings. The first-order valence-corrected chi connectivity index (χ1v) is 8.52. The maximum atomic E-state index is 12.7. The highest BCUT2D eigenvalue weighted by Crippen LogP contribution is 2.07. The van der Waals surface area contributed by atoms with Crippen LogP contribution in [0.5, 0.6) is 0 Å². The van der Waals surface area contributed by atoms with Crippen molar-refractivity contribution >= 4 is 17.9 Å². The summed E-state index contributed by atoms with van der Waals surface area (Å²) in [7, 11) is 0. The van der Waals surface area contributed by atoms with Crippen LogP contribution in [0.25, 0.3) is 6.08 Å². The molecule has 0 bridgehead atoms. The summed E-state index contributed by atoms with van der Waals surface area (Å²) in [4.78, 5) is 29.2. The van der Waals surface area contributed by atoms with E-state index in [-0.39, 0.29) is 17.5 Å². The molecule has 0 aliphatic heterocycles. The Labute approximate surface area is 157 Å². The Kier molecular flexibility index (Phi) is 6.09. The number of hydrogen-bond acceptors (Lipinski definition) is 3.